The van der Waals surface area contributed by atoms with Gasteiger partial charge in [-0.15, -0.1) is 11.3 Å². The fraction of sp³-hybridized carbons (Fsp3) is 0.556. The molecule has 1 rings (SSSR count). The van der Waals surface area contributed by atoms with Gasteiger partial charge in [0.1, 0.15) is 0 Å². The molecule has 3 N–H and O–H groups in total. The van der Waals surface area contributed by atoms with Crippen LogP contribution in [0.5, 0.6) is 0 Å². The second-order valence-corrected chi connectivity index (χ2v) is 3.75. The SMILES string of the molecule is CCC(N)C(=O)NCCc1cscn1. The molecule has 0 aliphatic rings. The third-order valence-corrected chi connectivity index (χ3v) is 2.58. The van der Waals surface area contributed by atoms with Crippen molar-refractivity contribution >= 4 is 17.2 Å². The number of nitrogens with one attached hydrogen (secondary N) is 1. The smallest absolute Gasteiger partial charge is 0.236 e. The number of hydrogen-bond donors (Lipinski definition) is 2. The van der Waals surface area contributed by atoms with E-state index in [1.54, 1.807) is 16.8 Å². The monoisotopic (exact) mass is 213 g/mol. The first kappa shape index (κ1) is 11.1. The molecule has 0 fully saturated rings. The lowest BCUT2D eigenvalue weighted by Crippen LogP contribution is -2.40. The van der Waals surface area contributed by atoms with E-state index in [4.69, 9.17) is 5.73 Å². The molecule has 0 bridgehead atoms. The van der Waals surface area contributed by atoms with Crippen LogP contribution in [0.2, 0.25) is 0 Å². The molecule has 1 unspecified atom stereocenters. The van der Waals surface area contributed by atoms with Crippen molar-refractivity contribution in [2.75, 3.05) is 6.54 Å². The Morgan fingerprint density at radius 3 is 3.14 bits per heavy atom. The summed E-state index contributed by atoms with van der Waals surface area (Å²) >= 11 is 1.56. The number of nitrogens with two attached hydrogens (primary N) is 1. The molecule has 0 saturated heterocycles. The average molecular weight is 213 g/mol. The van der Waals surface area contributed by atoms with E-state index >= 15 is 0 Å². The molecule has 1 atom stereocenters. The molecule has 14 heavy (non-hydrogen) atoms. The van der Waals surface area contributed by atoms with Gasteiger partial charge in [-0.25, -0.2) is 4.98 Å². The zero-order valence-electron chi connectivity index (χ0n) is 8.19. The standard InChI is InChI=1S/C9H15N3OS/c1-2-8(10)9(13)11-4-3-7-5-14-6-12-7/h5-6,8H,2-4,10H2,1H3,(H,11,13). The van der Waals surface area contributed by atoms with Gasteiger partial charge in [0, 0.05) is 18.3 Å². The van der Waals surface area contributed by atoms with E-state index in [0.29, 0.717) is 13.0 Å². The highest BCUT2D eigenvalue weighted by Crippen LogP contribution is 2.00. The molecule has 1 amide bonds. The zero-order chi connectivity index (χ0) is 10.4. The number of rotatable bonds is 5. The van der Waals surface area contributed by atoms with Crippen LogP contribution in [-0.2, 0) is 11.2 Å². The molecule has 0 aromatic carbocycles. The zero-order valence-corrected chi connectivity index (χ0v) is 9.01. The largest absolute Gasteiger partial charge is 0.354 e. The molecule has 0 spiro atoms. The molecular formula is C9H15N3OS. The van der Waals surface area contributed by atoms with Crippen LogP contribution < -0.4 is 11.1 Å². The van der Waals surface area contributed by atoms with Gasteiger partial charge >= 0.3 is 0 Å². The molecular weight excluding hydrogens is 198 g/mol. The van der Waals surface area contributed by atoms with Gasteiger partial charge in [-0.05, 0) is 6.42 Å². The predicted molar refractivity (Wildman–Crippen MR) is 57.1 cm³/mol. The van der Waals surface area contributed by atoms with Gasteiger partial charge in [0.15, 0.2) is 0 Å². The molecule has 0 saturated carbocycles. The first-order valence-corrected chi connectivity index (χ1v) is 5.58. The van der Waals surface area contributed by atoms with E-state index in [2.05, 4.69) is 10.3 Å². The molecule has 0 radical (unpaired) electrons. The minimum Gasteiger partial charge on any atom is -0.354 e. The van der Waals surface area contributed by atoms with E-state index in [-0.39, 0.29) is 11.9 Å². The highest BCUT2D eigenvalue weighted by atomic mass is 32.1. The molecule has 0 aliphatic heterocycles. The highest BCUT2D eigenvalue weighted by Gasteiger charge is 2.09. The summed E-state index contributed by atoms with van der Waals surface area (Å²) in [6.07, 6.45) is 1.44. The Morgan fingerprint density at radius 1 is 1.79 bits per heavy atom. The summed E-state index contributed by atoms with van der Waals surface area (Å²) < 4.78 is 0. The van der Waals surface area contributed by atoms with Crippen molar-refractivity contribution in [3.8, 4) is 0 Å². The second kappa shape index (κ2) is 5.72. The van der Waals surface area contributed by atoms with Crippen LogP contribution >= 0.6 is 11.3 Å². The second-order valence-electron chi connectivity index (χ2n) is 3.04. The maximum atomic E-state index is 11.2. The van der Waals surface area contributed by atoms with Crippen LogP contribution in [0.15, 0.2) is 10.9 Å². The number of aromatic nitrogens is 1. The van der Waals surface area contributed by atoms with Crippen molar-refractivity contribution < 1.29 is 4.79 Å². The Kier molecular flexibility index (Phi) is 4.55. The van der Waals surface area contributed by atoms with Gasteiger partial charge in [-0.1, -0.05) is 6.92 Å². The predicted octanol–water partition coefficient (Wildman–Crippen LogP) is 0.539. The third kappa shape index (κ3) is 3.43. The Balaban J connectivity index is 2.18. The summed E-state index contributed by atoms with van der Waals surface area (Å²) in [4.78, 5) is 15.4. The number of carbonyl (C=O) groups excluding carboxylic acids is 1. The third-order valence-electron chi connectivity index (χ3n) is 1.94. The molecule has 1 heterocycles. The quantitative estimate of drug-likeness (QED) is 0.750. The average Bonchev–Trinajstić information content (AvgIpc) is 2.69. The lowest BCUT2D eigenvalue weighted by molar-refractivity contribution is -0.122. The summed E-state index contributed by atoms with van der Waals surface area (Å²) in [5.74, 6) is -0.0808. The van der Waals surface area contributed by atoms with Crippen LogP contribution in [0, 0.1) is 0 Å². The van der Waals surface area contributed by atoms with E-state index < -0.39 is 0 Å². The maximum Gasteiger partial charge on any atom is 0.236 e. The molecule has 0 aliphatic carbocycles. The van der Waals surface area contributed by atoms with Crippen LogP contribution in [0.1, 0.15) is 19.0 Å². The van der Waals surface area contributed by atoms with Crippen LogP contribution in [0.25, 0.3) is 0 Å². The summed E-state index contributed by atoms with van der Waals surface area (Å²) in [6.45, 7) is 2.50. The van der Waals surface area contributed by atoms with E-state index in [0.717, 1.165) is 12.1 Å². The Morgan fingerprint density at radius 2 is 2.57 bits per heavy atom. The van der Waals surface area contributed by atoms with Gasteiger partial charge in [0.25, 0.3) is 0 Å². The molecule has 78 valence electrons. The lowest BCUT2D eigenvalue weighted by Gasteiger charge is -2.08. The topological polar surface area (TPSA) is 68.0 Å². The number of thiazole rings is 1. The maximum absolute atomic E-state index is 11.2. The van der Waals surface area contributed by atoms with Crippen molar-refractivity contribution in [1.29, 1.82) is 0 Å². The first-order valence-electron chi connectivity index (χ1n) is 4.64. The van der Waals surface area contributed by atoms with Gasteiger partial charge in [0.05, 0.1) is 17.2 Å². The van der Waals surface area contributed by atoms with E-state index in [1.807, 2.05) is 12.3 Å². The van der Waals surface area contributed by atoms with Crippen LogP contribution in [0.3, 0.4) is 0 Å². The van der Waals surface area contributed by atoms with Crippen LogP contribution in [-0.4, -0.2) is 23.5 Å². The van der Waals surface area contributed by atoms with Crippen molar-refractivity contribution in [3.63, 3.8) is 0 Å². The Hall–Kier alpha value is -0.940. The molecule has 5 heteroatoms. The van der Waals surface area contributed by atoms with Crippen molar-refractivity contribution in [3.05, 3.63) is 16.6 Å². The highest BCUT2D eigenvalue weighted by molar-refractivity contribution is 7.07. The molecule has 1 aromatic heterocycles. The van der Waals surface area contributed by atoms with Gasteiger partial charge in [0.2, 0.25) is 5.91 Å². The minimum absolute atomic E-state index is 0.0808. The van der Waals surface area contributed by atoms with E-state index in [1.165, 1.54) is 0 Å². The van der Waals surface area contributed by atoms with Crippen molar-refractivity contribution in [2.24, 2.45) is 5.73 Å². The first-order chi connectivity index (χ1) is 6.74. The van der Waals surface area contributed by atoms with Crippen molar-refractivity contribution in [1.82, 2.24) is 10.3 Å². The molecule has 4 nitrogen and oxygen atoms in total. The fourth-order valence-corrected chi connectivity index (χ4v) is 1.58. The fourth-order valence-electron chi connectivity index (χ4n) is 0.991. The lowest BCUT2D eigenvalue weighted by atomic mass is 10.2. The van der Waals surface area contributed by atoms with Crippen molar-refractivity contribution in [2.45, 2.75) is 25.8 Å². The summed E-state index contributed by atoms with van der Waals surface area (Å²) in [5.41, 5.74) is 8.35. The van der Waals surface area contributed by atoms with Crippen LogP contribution in [0.4, 0.5) is 0 Å². The summed E-state index contributed by atoms with van der Waals surface area (Å²) in [7, 11) is 0. The Bertz CT molecular complexity index is 274. The number of amides is 1. The number of hydrogen-bond acceptors (Lipinski definition) is 4. The minimum atomic E-state index is -0.384. The summed E-state index contributed by atoms with van der Waals surface area (Å²) in [5, 5.41) is 4.75. The van der Waals surface area contributed by atoms with Gasteiger partial charge < -0.3 is 11.1 Å². The number of carbonyl (C=O) groups is 1. The summed E-state index contributed by atoms with van der Waals surface area (Å²) in [6, 6.07) is -0.384. The normalized spacial score (nSPS) is 12.4. The van der Waals surface area contributed by atoms with Gasteiger partial charge in [-0.2, -0.15) is 0 Å². The number of nitrogens with zero attached hydrogens (tertiary/aromatic N) is 1. The Labute approximate surface area is 87.5 Å². The molecule has 1 aromatic rings. The van der Waals surface area contributed by atoms with Gasteiger partial charge in [-0.3, -0.25) is 4.79 Å². The van der Waals surface area contributed by atoms with E-state index in [9.17, 15) is 4.79 Å².